The minimum absolute atomic E-state index is 0.204. The Bertz CT molecular complexity index is 438. The molecule has 0 spiro atoms. The van der Waals surface area contributed by atoms with Gasteiger partial charge in [0.15, 0.2) is 0 Å². The van der Waals surface area contributed by atoms with E-state index in [9.17, 15) is 0 Å². The van der Waals surface area contributed by atoms with Gasteiger partial charge in [-0.15, -0.1) is 0 Å². The number of rotatable bonds is 1. The average molecular weight is 244 g/mol. The molecule has 2 nitrogen and oxygen atoms in total. The Kier molecular flexibility index (Phi) is 2.95. The largest absolute Gasteiger partial charge is 0.323 e. The summed E-state index contributed by atoms with van der Waals surface area (Å²) in [6.45, 7) is 7.18. The van der Waals surface area contributed by atoms with E-state index in [1.54, 1.807) is 0 Å². The van der Waals surface area contributed by atoms with Gasteiger partial charge in [-0.05, 0) is 42.3 Å². The second-order valence-corrected chi connectivity index (χ2v) is 6.73. The molecule has 1 saturated heterocycles. The first-order valence-corrected chi connectivity index (χ1v) is 7.14. The molecular formula is C16H24N2. The van der Waals surface area contributed by atoms with E-state index >= 15 is 0 Å². The summed E-state index contributed by atoms with van der Waals surface area (Å²) in [5.41, 5.74) is 9.74. The highest BCUT2D eigenvalue weighted by Gasteiger charge is 2.37. The molecule has 1 heterocycles. The average Bonchev–Trinajstić information content (AvgIpc) is 2.66. The molecule has 2 atom stereocenters. The van der Waals surface area contributed by atoms with Gasteiger partial charge in [-0.3, -0.25) is 4.90 Å². The van der Waals surface area contributed by atoms with Crippen molar-refractivity contribution in [3.8, 4) is 0 Å². The minimum Gasteiger partial charge on any atom is -0.323 e. The van der Waals surface area contributed by atoms with Crippen LogP contribution in [0.4, 0.5) is 0 Å². The Morgan fingerprint density at radius 1 is 1.28 bits per heavy atom. The highest BCUT2D eigenvalue weighted by Crippen LogP contribution is 2.37. The van der Waals surface area contributed by atoms with Crippen molar-refractivity contribution in [1.82, 2.24) is 4.90 Å². The summed E-state index contributed by atoms with van der Waals surface area (Å²) in [6.07, 6.45) is 3.79. The summed E-state index contributed by atoms with van der Waals surface area (Å²) in [4.78, 5) is 2.63. The van der Waals surface area contributed by atoms with Crippen LogP contribution in [-0.2, 0) is 6.42 Å². The highest BCUT2D eigenvalue weighted by atomic mass is 15.2. The van der Waals surface area contributed by atoms with E-state index in [4.69, 9.17) is 5.73 Å². The van der Waals surface area contributed by atoms with E-state index in [0.717, 1.165) is 6.42 Å². The number of likely N-dealkylation sites (tertiary alicyclic amines) is 1. The molecule has 1 aliphatic carbocycles. The molecule has 1 aromatic rings. The lowest BCUT2D eigenvalue weighted by Crippen LogP contribution is -2.48. The van der Waals surface area contributed by atoms with Crippen LogP contribution < -0.4 is 5.73 Å². The van der Waals surface area contributed by atoms with Crippen LogP contribution in [0.1, 0.15) is 43.9 Å². The van der Waals surface area contributed by atoms with Crippen LogP contribution in [-0.4, -0.2) is 24.0 Å². The third-order valence-corrected chi connectivity index (χ3v) is 4.66. The molecule has 2 aliphatic rings. The van der Waals surface area contributed by atoms with Gasteiger partial charge in [0, 0.05) is 18.6 Å². The van der Waals surface area contributed by atoms with Crippen molar-refractivity contribution in [3.05, 3.63) is 35.4 Å². The normalized spacial score (nSPS) is 31.3. The summed E-state index contributed by atoms with van der Waals surface area (Å²) < 4.78 is 0. The van der Waals surface area contributed by atoms with Crippen molar-refractivity contribution in [2.75, 3.05) is 13.1 Å². The van der Waals surface area contributed by atoms with E-state index in [1.807, 2.05) is 0 Å². The number of benzene rings is 1. The van der Waals surface area contributed by atoms with Crippen molar-refractivity contribution in [1.29, 1.82) is 0 Å². The molecule has 1 fully saturated rings. The van der Waals surface area contributed by atoms with Crippen LogP contribution in [0, 0.1) is 5.41 Å². The van der Waals surface area contributed by atoms with Gasteiger partial charge in [0.2, 0.25) is 0 Å². The van der Waals surface area contributed by atoms with E-state index < -0.39 is 0 Å². The number of nitrogens with zero attached hydrogens (tertiary/aromatic N) is 1. The fraction of sp³-hybridized carbons (Fsp3) is 0.625. The summed E-state index contributed by atoms with van der Waals surface area (Å²) in [5, 5.41) is 0. The lowest BCUT2D eigenvalue weighted by molar-refractivity contribution is 0.0716. The zero-order valence-electron chi connectivity index (χ0n) is 11.5. The first kappa shape index (κ1) is 12.2. The Morgan fingerprint density at radius 2 is 2.06 bits per heavy atom. The van der Waals surface area contributed by atoms with Crippen molar-refractivity contribution in [2.45, 2.75) is 45.2 Å². The summed E-state index contributed by atoms with van der Waals surface area (Å²) in [7, 11) is 0. The van der Waals surface area contributed by atoms with Crippen LogP contribution in [0.25, 0.3) is 0 Å². The minimum atomic E-state index is 0.204. The highest BCUT2D eigenvalue weighted by molar-refractivity contribution is 5.37. The van der Waals surface area contributed by atoms with Crippen molar-refractivity contribution in [3.63, 3.8) is 0 Å². The van der Waals surface area contributed by atoms with Crippen molar-refractivity contribution in [2.24, 2.45) is 11.1 Å². The van der Waals surface area contributed by atoms with Crippen molar-refractivity contribution < 1.29 is 0 Å². The van der Waals surface area contributed by atoms with Crippen LogP contribution in [0.15, 0.2) is 24.3 Å². The van der Waals surface area contributed by atoms with Gasteiger partial charge in [0.25, 0.3) is 0 Å². The monoisotopic (exact) mass is 244 g/mol. The third kappa shape index (κ3) is 2.08. The van der Waals surface area contributed by atoms with Gasteiger partial charge >= 0.3 is 0 Å². The van der Waals surface area contributed by atoms with E-state index in [-0.39, 0.29) is 6.04 Å². The predicted molar refractivity (Wildman–Crippen MR) is 75.5 cm³/mol. The van der Waals surface area contributed by atoms with Crippen LogP contribution >= 0.6 is 0 Å². The van der Waals surface area contributed by atoms with Crippen molar-refractivity contribution >= 4 is 0 Å². The number of nitrogens with two attached hydrogens (primary N) is 1. The first-order chi connectivity index (χ1) is 8.57. The lowest BCUT2D eigenvalue weighted by Gasteiger charge is -2.42. The molecule has 0 amide bonds. The summed E-state index contributed by atoms with van der Waals surface area (Å²) in [5.74, 6) is 0. The molecule has 0 aromatic heterocycles. The summed E-state index contributed by atoms with van der Waals surface area (Å²) >= 11 is 0. The lowest BCUT2D eigenvalue weighted by atomic mass is 9.83. The molecule has 0 saturated carbocycles. The molecular weight excluding hydrogens is 220 g/mol. The maximum Gasteiger partial charge on any atom is 0.0459 e. The van der Waals surface area contributed by atoms with Gasteiger partial charge in [-0.25, -0.2) is 0 Å². The SMILES string of the molecule is CC1(C)CCCN(C2Cc3ccccc3C2N)C1. The number of fused-ring (bicyclic) bond motifs is 1. The zero-order chi connectivity index (χ0) is 12.8. The topological polar surface area (TPSA) is 29.3 Å². The number of hydrogen-bond donors (Lipinski definition) is 1. The van der Waals surface area contributed by atoms with E-state index in [2.05, 4.69) is 43.0 Å². The van der Waals surface area contributed by atoms with E-state index in [1.165, 1.54) is 37.1 Å². The van der Waals surface area contributed by atoms with Crippen LogP contribution in [0.2, 0.25) is 0 Å². The Balaban J connectivity index is 1.80. The molecule has 1 aliphatic heterocycles. The second-order valence-electron chi connectivity index (χ2n) is 6.73. The van der Waals surface area contributed by atoms with Gasteiger partial charge in [0.05, 0.1) is 0 Å². The first-order valence-electron chi connectivity index (χ1n) is 7.14. The maximum absolute atomic E-state index is 6.47. The van der Waals surface area contributed by atoms with Gasteiger partial charge in [-0.2, -0.15) is 0 Å². The maximum atomic E-state index is 6.47. The predicted octanol–water partition coefficient (Wildman–Crippen LogP) is 2.73. The third-order valence-electron chi connectivity index (χ3n) is 4.66. The molecule has 2 N–H and O–H groups in total. The standard InChI is InChI=1S/C16H24N2/c1-16(2)8-5-9-18(11-16)14-10-12-6-3-4-7-13(12)15(14)17/h3-4,6-7,14-15H,5,8-11,17H2,1-2H3. The van der Waals surface area contributed by atoms with Gasteiger partial charge < -0.3 is 5.73 Å². The zero-order valence-corrected chi connectivity index (χ0v) is 11.5. The molecule has 18 heavy (non-hydrogen) atoms. The number of piperidine rings is 1. The molecule has 0 radical (unpaired) electrons. The fourth-order valence-electron chi connectivity index (χ4n) is 3.71. The quantitative estimate of drug-likeness (QED) is 0.823. The Morgan fingerprint density at radius 3 is 2.78 bits per heavy atom. The van der Waals surface area contributed by atoms with Crippen LogP contribution in [0.3, 0.4) is 0 Å². The number of hydrogen-bond acceptors (Lipinski definition) is 2. The molecule has 0 bridgehead atoms. The molecule has 3 rings (SSSR count). The smallest absolute Gasteiger partial charge is 0.0459 e. The Labute approximate surface area is 110 Å². The second kappa shape index (κ2) is 4.36. The molecule has 98 valence electrons. The van der Waals surface area contributed by atoms with Crippen LogP contribution in [0.5, 0.6) is 0 Å². The summed E-state index contributed by atoms with van der Waals surface area (Å²) in [6, 6.07) is 9.41. The van der Waals surface area contributed by atoms with Gasteiger partial charge in [-0.1, -0.05) is 38.1 Å². The van der Waals surface area contributed by atoms with E-state index in [0.29, 0.717) is 11.5 Å². The fourth-order valence-corrected chi connectivity index (χ4v) is 3.71. The Hall–Kier alpha value is -0.860. The molecule has 2 heteroatoms. The van der Waals surface area contributed by atoms with Gasteiger partial charge in [0.1, 0.15) is 0 Å². The molecule has 2 unspecified atom stereocenters. The molecule has 1 aromatic carbocycles.